The summed E-state index contributed by atoms with van der Waals surface area (Å²) in [6.07, 6.45) is 0.555. The van der Waals surface area contributed by atoms with Crippen LogP contribution in [0.4, 0.5) is 0 Å². The summed E-state index contributed by atoms with van der Waals surface area (Å²) in [5, 5.41) is 1.63. The molecule has 0 aromatic heterocycles. The summed E-state index contributed by atoms with van der Waals surface area (Å²) in [6.45, 7) is -0.121. The van der Waals surface area contributed by atoms with Gasteiger partial charge >= 0.3 is 21.0 Å². The quantitative estimate of drug-likeness (QED) is 0.305. The number of hydrogen-bond donors (Lipinski definition) is 2. The minimum Gasteiger partial charge on any atom is -0.429 e. The predicted octanol–water partition coefficient (Wildman–Crippen LogP) is -2.13. The van der Waals surface area contributed by atoms with Crippen molar-refractivity contribution in [2.45, 2.75) is 24.2 Å². The molecule has 1 saturated heterocycles. The van der Waals surface area contributed by atoms with Crippen molar-refractivity contribution >= 4 is 39.7 Å². The van der Waals surface area contributed by atoms with Crippen molar-refractivity contribution in [2.75, 3.05) is 6.54 Å². The van der Waals surface area contributed by atoms with Gasteiger partial charge in [0.2, 0.25) is 5.91 Å². The maximum Gasteiger partial charge on any atom is 0.322 e. The number of carbonyl (C=O) groups is 5. The van der Waals surface area contributed by atoms with Crippen LogP contribution in [0.2, 0.25) is 0 Å². The Labute approximate surface area is 135 Å². The molecule has 2 aliphatic rings. The zero-order valence-corrected chi connectivity index (χ0v) is 12.9. The summed E-state index contributed by atoms with van der Waals surface area (Å²) in [6, 6.07) is 0. The zero-order chi connectivity index (χ0) is 18.1. The van der Waals surface area contributed by atoms with Crippen LogP contribution >= 0.6 is 0 Å². The second-order valence-corrected chi connectivity index (χ2v) is 6.63. The first-order valence-corrected chi connectivity index (χ1v) is 8.07. The highest BCUT2D eigenvalue weighted by molar-refractivity contribution is 7.88. The Morgan fingerprint density at radius 1 is 1.25 bits per heavy atom. The van der Waals surface area contributed by atoms with E-state index in [1.807, 2.05) is 0 Å². The first-order chi connectivity index (χ1) is 11.1. The van der Waals surface area contributed by atoms with Crippen molar-refractivity contribution in [1.29, 1.82) is 0 Å². The molecule has 0 bridgehead atoms. The van der Waals surface area contributed by atoms with Gasteiger partial charge in [-0.1, -0.05) is 0 Å². The van der Waals surface area contributed by atoms with Gasteiger partial charge in [0, 0.05) is 25.1 Å². The van der Waals surface area contributed by atoms with E-state index in [1.165, 1.54) is 0 Å². The Morgan fingerprint density at radius 3 is 2.29 bits per heavy atom. The fourth-order valence-electron chi connectivity index (χ4n) is 2.17. The number of rotatable bonds is 6. The third-order valence-electron chi connectivity index (χ3n) is 3.35. The zero-order valence-electron chi connectivity index (χ0n) is 12.1. The van der Waals surface area contributed by atoms with Crippen molar-refractivity contribution in [2.24, 2.45) is 0 Å². The minimum atomic E-state index is -5.20. The maximum absolute atomic E-state index is 11.7. The van der Waals surface area contributed by atoms with Gasteiger partial charge in [-0.15, -0.1) is 0 Å². The molecule has 0 aliphatic carbocycles. The van der Waals surface area contributed by atoms with Crippen LogP contribution in [0.3, 0.4) is 0 Å². The number of nitrogens with zero attached hydrogens (tertiary/aromatic N) is 1. The Balaban J connectivity index is 1.97. The smallest absolute Gasteiger partial charge is 0.322 e. The minimum absolute atomic E-state index is 0.0604. The molecular formula is C12H12N2O9S. The molecule has 11 nitrogen and oxygen atoms in total. The highest BCUT2D eigenvalue weighted by Gasteiger charge is 2.60. The van der Waals surface area contributed by atoms with E-state index in [0.717, 1.165) is 17.1 Å². The molecule has 4 amide bonds. The number of nitrogens with one attached hydrogen (secondary N) is 1. The fraction of sp³-hybridized carbons (Fsp3) is 0.417. The van der Waals surface area contributed by atoms with Gasteiger partial charge in [-0.25, -0.2) is 0 Å². The fourth-order valence-corrected chi connectivity index (χ4v) is 2.97. The maximum atomic E-state index is 11.7. The molecule has 12 heteroatoms. The van der Waals surface area contributed by atoms with Crippen molar-refractivity contribution in [3.8, 4) is 0 Å². The van der Waals surface area contributed by atoms with E-state index in [0.29, 0.717) is 0 Å². The van der Waals surface area contributed by atoms with Crippen LogP contribution < -0.4 is 5.32 Å². The van der Waals surface area contributed by atoms with E-state index in [9.17, 15) is 32.4 Å². The number of esters is 1. The van der Waals surface area contributed by atoms with Gasteiger partial charge in [0.15, 0.2) is 0 Å². The molecule has 2 heterocycles. The van der Waals surface area contributed by atoms with Gasteiger partial charge in [-0.05, 0) is 6.42 Å². The topological polar surface area (TPSA) is 164 Å². The Morgan fingerprint density at radius 2 is 1.83 bits per heavy atom. The van der Waals surface area contributed by atoms with Crippen LogP contribution in [-0.4, -0.2) is 58.9 Å². The first kappa shape index (κ1) is 17.7. The van der Waals surface area contributed by atoms with Crippen molar-refractivity contribution in [3.63, 3.8) is 0 Å². The summed E-state index contributed by atoms with van der Waals surface area (Å²) >= 11 is 0. The van der Waals surface area contributed by atoms with Crippen molar-refractivity contribution < 1.29 is 41.7 Å². The number of amides is 4. The highest BCUT2D eigenvalue weighted by Crippen LogP contribution is 2.28. The van der Waals surface area contributed by atoms with Gasteiger partial charge < -0.3 is 4.74 Å². The average molecular weight is 360 g/mol. The number of hydrogen-bond acceptors (Lipinski definition) is 8. The number of carbonyl (C=O) groups excluding carboxylic acids is 5. The standard InChI is InChI=1S/C12H12N2O9S/c15-7-6-12(11(19)13-7,24(20,21)22)23-10(18)2-1-5-14-8(16)3-4-9(14)17/h3-4H,1-2,5-6H2,(H,13,15,19)(H,20,21,22). The Bertz CT molecular complexity index is 751. The van der Waals surface area contributed by atoms with E-state index in [2.05, 4.69) is 4.74 Å². The summed E-state index contributed by atoms with van der Waals surface area (Å²) in [7, 11) is -5.20. The van der Waals surface area contributed by atoms with Gasteiger partial charge in [0.1, 0.15) is 0 Å². The molecule has 1 unspecified atom stereocenters. The molecule has 0 radical (unpaired) electrons. The van der Waals surface area contributed by atoms with Crippen molar-refractivity contribution in [1.82, 2.24) is 10.2 Å². The van der Waals surface area contributed by atoms with E-state index >= 15 is 0 Å². The van der Waals surface area contributed by atoms with Gasteiger partial charge in [-0.2, -0.15) is 8.42 Å². The summed E-state index contributed by atoms with van der Waals surface area (Å²) in [5.41, 5.74) is 0. The second-order valence-electron chi connectivity index (χ2n) is 5.02. The SMILES string of the molecule is O=C1CC(OC(=O)CCCN2C(=O)C=CC2=O)(S(=O)(=O)O)C(=O)N1. The molecule has 24 heavy (non-hydrogen) atoms. The molecule has 1 atom stereocenters. The van der Waals surface area contributed by atoms with Crippen LogP contribution in [0.15, 0.2) is 12.2 Å². The first-order valence-electron chi connectivity index (χ1n) is 6.63. The summed E-state index contributed by atoms with van der Waals surface area (Å²) < 4.78 is 36.4. The van der Waals surface area contributed by atoms with Crippen LogP contribution in [0.5, 0.6) is 0 Å². The molecule has 2 rings (SSSR count). The van der Waals surface area contributed by atoms with Crippen LogP contribution in [-0.2, 0) is 38.8 Å². The average Bonchev–Trinajstić information content (AvgIpc) is 2.91. The van der Waals surface area contributed by atoms with E-state index < -0.39 is 57.5 Å². The monoisotopic (exact) mass is 360 g/mol. The molecular weight excluding hydrogens is 348 g/mol. The van der Waals surface area contributed by atoms with Crippen LogP contribution in [0.25, 0.3) is 0 Å². The lowest BCUT2D eigenvalue weighted by Crippen LogP contribution is -2.49. The molecule has 0 aromatic rings. The van der Waals surface area contributed by atoms with Gasteiger partial charge in [0.25, 0.3) is 17.7 Å². The van der Waals surface area contributed by atoms with Gasteiger partial charge in [0.05, 0.1) is 6.42 Å². The number of imide groups is 2. The lowest BCUT2D eigenvalue weighted by atomic mass is 10.2. The molecule has 2 aliphatic heterocycles. The number of ether oxygens (including phenoxy) is 1. The van der Waals surface area contributed by atoms with E-state index in [4.69, 9.17) is 4.55 Å². The molecule has 0 spiro atoms. The highest BCUT2D eigenvalue weighted by atomic mass is 32.2. The lowest BCUT2D eigenvalue weighted by molar-refractivity contribution is -0.158. The van der Waals surface area contributed by atoms with Gasteiger partial charge in [-0.3, -0.25) is 38.7 Å². The molecule has 1 fully saturated rings. The lowest BCUT2D eigenvalue weighted by Gasteiger charge is -2.22. The Kier molecular flexibility index (Phi) is 4.53. The Hall–Kier alpha value is -2.60. The van der Waals surface area contributed by atoms with Crippen LogP contribution in [0, 0.1) is 0 Å². The summed E-state index contributed by atoms with van der Waals surface area (Å²) in [4.78, 5) is 55.0. The van der Waals surface area contributed by atoms with Crippen molar-refractivity contribution in [3.05, 3.63) is 12.2 Å². The molecule has 2 N–H and O–H groups in total. The van der Waals surface area contributed by atoms with E-state index in [1.54, 1.807) is 5.32 Å². The molecule has 130 valence electrons. The largest absolute Gasteiger partial charge is 0.429 e. The van der Waals surface area contributed by atoms with E-state index in [-0.39, 0.29) is 13.0 Å². The normalized spacial score (nSPS) is 23.8. The van der Waals surface area contributed by atoms with Crippen LogP contribution in [0.1, 0.15) is 19.3 Å². The predicted molar refractivity (Wildman–Crippen MR) is 73.2 cm³/mol. The molecule has 0 aromatic carbocycles. The molecule has 0 saturated carbocycles. The third-order valence-corrected chi connectivity index (χ3v) is 4.60. The second kappa shape index (κ2) is 6.13. The summed E-state index contributed by atoms with van der Waals surface area (Å²) in [5.74, 6) is -4.78. The third kappa shape index (κ3) is 3.19.